The summed E-state index contributed by atoms with van der Waals surface area (Å²) in [5, 5.41) is 2.81. The number of anilines is 1. The molecule has 3 aromatic carbocycles. The highest BCUT2D eigenvalue weighted by Crippen LogP contribution is 2.28. The van der Waals surface area contributed by atoms with E-state index < -0.39 is 12.0 Å². The Labute approximate surface area is 221 Å². The van der Waals surface area contributed by atoms with Gasteiger partial charge in [-0.3, -0.25) is 4.79 Å². The Balaban J connectivity index is 1.37. The summed E-state index contributed by atoms with van der Waals surface area (Å²) in [6.45, 7) is 2.57. The minimum absolute atomic E-state index is 0.118. The highest BCUT2D eigenvalue weighted by molar-refractivity contribution is 5.97. The number of nitrogens with one attached hydrogen (secondary N) is 1. The van der Waals surface area contributed by atoms with Crippen molar-refractivity contribution >= 4 is 17.6 Å². The quantitative estimate of drug-likeness (QED) is 0.252. The minimum atomic E-state index is -0.811. The number of carbonyl (C=O) groups excluding carboxylic acids is 2. The summed E-state index contributed by atoms with van der Waals surface area (Å²) >= 11 is 0. The van der Waals surface area contributed by atoms with Gasteiger partial charge in [0.05, 0.1) is 30.2 Å². The topological polar surface area (TPSA) is 113 Å². The van der Waals surface area contributed by atoms with Crippen molar-refractivity contribution in [2.45, 2.75) is 32.6 Å². The molecule has 38 heavy (non-hydrogen) atoms. The minimum Gasteiger partial charge on any atom is -0.489 e. The van der Waals surface area contributed by atoms with E-state index in [2.05, 4.69) is 5.32 Å². The van der Waals surface area contributed by atoms with Crippen molar-refractivity contribution in [3.63, 3.8) is 0 Å². The summed E-state index contributed by atoms with van der Waals surface area (Å²) in [6.07, 6.45) is 1.87. The van der Waals surface area contributed by atoms with Gasteiger partial charge in [0.15, 0.2) is 0 Å². The van der Waals surface area contributed by atoms with Gasteiger partial charge >= 0.3 is 5.97 Å². The van der Waals surface area contributed by atoms with Gasteiger partial charge in [0.1, 0.15) is 30.5 Å². The first kappa shape index (κ1) is 26.5. The van der Waals surface area contributed by atoms with Crippen molar-refractivity contribution < 1.29 is 28.2 Å². The van der Waals surface area contributed by atoms with Crippen molar-refractivity contribution in [2.75, 3.05) is 11.9 Å². The van der Waals surface area contributed by atoms with Crippen LogP contribution in [0.15, 0.2) is 95.6 Å². The van der Waals surface area contributed by atoms with Crippen molar-refractivity contribution in [2.24, 2.45) is 5.73 Å². The molecule has 1 amide bonds. The zero-order valence-electron chi connectivity index (χ0n) is 21.1. The fourth-order valence-electron chi connectivity index (χ4n) is 3.66. The molecule has 1 atom stereocenters. The number of esters is 1. The van der Waals surface area contributed by atoms with Crippen LogP contribution in [0.3, 0.4) is 0 Å². The molecule has 0 saturated carbocycles. The summed E-state index contributed by atoms with van der Waals surface area (Å²) in [6, 6.07) is 24.8. The molecule has 0 aliphatic carbocycles. The van der Waals surface area contributed by atoms with Crippen molar-refractivity contribution in [3.05, 3.63) is 114 Å². The van der Waals surface area contributed by atoms with Crippen LogP contribution < -0.4 is 20.5 Å². The second-order valence-electron chi connectivity index (χ2n) is 8.52. The van der Waals surface area contributed by atoms with E-state index in [1.165, 1.54) is 12.3 Å². The Kier molecular flexibility index (Phi) is 9.15. The molecule has 4 aromatic rings. The number of carbonyl (C=O) groups is 2. The van der Waals surface area contributed by atoms with E-state index in [1.807, 2.05) is 54.6 Å². The molecule has 0 unspecified atom stereocenters. The third-order valence-electron chi connectivity index (χ3n) is 5.66. The largest absolute Gasteiger partial charge is 0.489 e. The lowest BCUT2D eigenvalue weighted by molar-refractivity contribution is -0.117. The molecule has 0 saturated heterocycles. The number of amides is 1. The summed E-state index contributed by atoms with van der Waals surface area (Å²) in [7, 11) is 0. The van der Waals surface area contributed by atoms with Crippen molar-refractivity contribution in [1.82, 2.24) is 0 Å². The average Bonchev–Trinajstić information content (AvgIpc) is 3.46. The molecular formula is C30H30N2O6. The first-order valence-corrected chi connectivity index (χ1v) is 12.3. The Bertz CT molecular complexity index is 1320. The number of benzene rings is 3. The van der Waals surface area contributed by atoms with Gasteiger partial charge in [-0.2, -0.15) is 0 Å². The molecule has 0 aliphatic rings. The average molecular weight is 515 g/mol. The van der Waals surface area contributed by atoms with E-state index in [-0.39, 0.29) is 19.1 Å². The number of hydrogen-bond donors (Lipinski definition) is 2. The maximum absolute atomic E-state index is 12.9. The first-order chi connectivity index (χ1) is 18.5. The Morgan fingerprint density at radius 3 is 2.39 bits per heavy atom. The van der Waals surface area contributed by atoms with E-state index in [0.717, 1.165) is 16.9 Å². The summed E-state index contributed by atoms with van der Waals surface area (Å²) in [4.78, 5) is 25.1. The smallest absolute Gasteiger partial charge is 0.338 e. The SMILES string of the molecule is CCOC(=O)c1ccc(NC(=O)[C@H](N)Cc2ccc(OCc3ccccc3)cc2)c(OCc2ccco2)c1. The number of nitrogens with two attached hydrogens (primary N) is 1. The second kappa shape index (κ2) is 13.1. The normalized spacial score (nSPS) is 11.4. The van der Waals surface area contributed by atoms with Crippen LogP contribution in [-0.4, -0.2) is 24.5 Å². The van der Waals surface area contributed by atoms with Crippen LogP contribution in [0.4, 0.5) is 5.69 Å². The van der Waals surface area contributed by atoms with Crippen molar-refractivity contribution in [3.8, 4) is 11.5 Å². The third-order valence-corrected chi connectivity index (χ3v) is 5.66. The van der Waals surface area contributed by atoms with Crippen LogP contribution in [0.25, 0.3) is 0 Å². The second-order valence-corrected chi connectivity index (χ2v) is 8.52. The Morgan fingerprint density at radius 2 is 1.68 bits per heavy atom. The number of ether oxygens (including phenoxy) is 3. The molecular weight excluding hydrogens is 484 g/mol. The van der Waals surface area contributed by atoms with E-state index in [1.54, 1.807) is 31.2 Å². The lowest BCUT2D eigenvalue weighted by atomic mass is 10.1. The van der Waals surface area contributed by atoms with Crippen molar-refractivity contribution in [1.29, 1.82) is 0 Å². The van der Waals surface area contributed by atoms with Crippen LogP contribution in [0.2, 0.25) is 0 Å². The monoisotopic (exact) mass is 514 g/mol. The van der Waals surface area contributed by atoms with Gasteiger partial charge in [0, 0.05) is 0 Å². The molecule has 0 radical (unpaired) electrons. The summed E-state index contributed by atoms with van der Waals surface area (Å²) in [5.41, 5.74) is 8.88. The van der Waals surface area contributed by atoms with E-state index >= 15 is 0 Å². The number of furan rings is 1. The lowest BCUT2D eigenvalue weighted by Gasteiger charge is -2.16. The number of hydrogen-bond acceptors (Lipinski definition) is 7. The molecule has 0 spiro atoms. The van der Waals surface area contributed by atoms with Gasteiger partial charge in [0.2, 0.25) is 5.91 Å². The highest BCUT2D eigenvalue weighted by atomic mass is 16.5. The lowest BCUT2D eigenvalue weighted by Crippen LogP contribution is -2.37. The Morgan fingerprint density at radius 1 is 0.895 bits per heavy atom. The predicted molar refractivity (Wildman–Crippen MR) is 143 cm³/mol. The standard InChI is InChI=1S/C30H30N2O6/c1-2-35-30(34)23-12-15-27(28(18-23)38-20-25-9-6-16-36-25)32-29(33)26(31)17-21-10-13-24(14-11-21)37-19-22-7-4-3-5-8-22/h3-16,18,26H,2,17,19-20,31H2,1H3,(H,32,33)/t26-/m1/s1. The fraction of sp³-hybridized carbons (Fsp3) is 0.200. The van der Waals surface area contributed by atoms with E-state index in [9.17, 15) is 9.59 Å². The van der Waals surface area contributed by atoms with Gasteiger partial charge in [-0.05, 0) is 66.9 Å². The molecule has 1 heterocycles. The third kappa shape index (κ3) is 7.47. The van der Waals surface area contributed by atoms with Gasteiger partial charge in [-0.15, -0.1) is 0 Å². The van der Waals surface area contributed by atoms with Gasteiger partial charge in [-0.25, -0.2) is 4.79 Å². The van der Waals surface area contributed by atoms with E-state index in [4.69, 9.17) is 24.4 Å². The van der Waals surface area contributed by atoms with Crippen LogP contribution in [0.1, 0.15) is 34.2 Å². The molecule has 4 rings (SSSR count). The maximum Gasteiger partial charge on any atom is 0.338 e. The van der Waals surface area contributed by atoms with Gasteiger partial charge in [0.25, 0.3) is 0 Å². The van der Waals surface area contributed by atoms with Gasteiger partial charge < -0.3 is 29.7 Å². The molecule has 3 N–H and O–H groups in total. The Hall–Kier alpha value is -4.56. The maximum atomic E-state index is 12.9. The highest BCUT2D eigenvalue weighted by Gasteiger charge is 2.18. The number of rotatable bonds is 12. The molecule has 1 aromatic heterocycles. The zero-order valence-corrected chi connectivity index (χ0v) is 21.1. The predicted octanol–water partition coefficient (Wildman–Crippen LogP) is 5.12. The molecule has 0 bridgehead atoms. The molecule has 196 valence electrons. The molecule has 0 aliphatic heterocycles. The summed E-state index contributed by atoms with van der Waals surface area (Å²) in [5.74, 6) is 0.752. The molecule has 8 nitrogen and oxygen atoms in total. The van der Waals surface area contributed by atoms with Crippen LogP contribution >= 0.6 is 0 Å². The van der Waals surface area contributed by atoms with Crippen LogP contribution in [-0.2, 0) is 29.2 Å². The van der Waals surface area contributed by atoms with Crippen LogP contribution in [0, 0.1) is 0 Å². The molecule has 0 fully saturated rings. The summed E-state index contributed by atoms with van der Waals surface area (Å²) < 4.78 is 22.1. The molecule has 8 heteroatoms. The van der Waals surface area contributed by atoms with E-state index in [0.29, 0.717) is 35.8 Å². The zero-order chi connectivity index (χ0) is 26.7. The van der Waals surface area contributed by atoms with Crippen LogP contribution in [0.5, 0.6) is 11.5 Å². The van der Waals surface area contributed by atoms with Gasteiger partial charge in [-0.1, -0.05) is 42.5 Å². The fourth-order valence-corrected chi connectivity index (χ4v) is 3.66. The first-order valence-electron chi connectivity index (χ1n) is 12.3.